The third kappa shape index (κ3) is 5.17. The first-order valence-corrected chi connectivity index (χ1v) is 7.95. The molecule has 0 atom stereocenters. The third-order valence-corrected chi connectivity index (χ3v) is 4.21. The van der Waals surface area contributed by atoms with Gasteiger partial charge in [0.05, 0.1) is 0 Å². The molecule has 1 aromatic heterocycles. The van der Waals surface area contributed by atoms with Gasteiger partial charge in [-0.05, 0) is 42.3 Å². The maximum absolute atomic E-state index is 12.2. The van der Waals surface area contributed by atoms with Gasteiger partial charge in [0.1, 0.15) is 6.54 Å². The Labute approximate surface area is 143 Å². The van der Waals surface area contributed by atoms with E-state index in [1.807, 2.05) is 31.2 Å². The number of aromatic nitrogens is 1. The fraction of sp³-hybridized carbons (Fsp3) is 0.235. The van der Waals surface area contributed by atoms with Gasteiger partial charge in [0.15, 0.2) is 0 Å². The summed E-state index contributed by atoms with van der Waals surface area (Å²) < 4.78 is 0.984. The molecule has 0 saturated carbocycles. The minimum Gasteiger partial charge on any atom is -0.329 e. The largest absolute Gasteiger partial charge is 0.329 e. The Morgan fingerprint density at radius 2 is 2.09 bits per heavy atom. The molecule has 0 unspecified atom stereocenters. The number of anilines is 1. The van der Waals surface area contributed by atoms with Crippen molar-refractivity contribution in [2.45, 2.75) is 20.4 Å². The van der Waals surface area contributed by atoms with Crippen molar-refractivity contribution in [3.05, 3.63) is 58.3 Å². The van der Waals surface area contributed by atoms with Crippen LogP contribution in [0, 0.1) is 6.92 Å². The molecule has 0 bridgehead atoms. The number of amides is 2. The highest BCUT2D eigenvalue weighted by Crippen LogP contribution is 2.20. The summed E-state index contributed by atoms with van der Waals surface area (Å²) in [6, 6.07) is 9.25. The highest BCUT2D eigenvalue weighted by Gasteiger charge is 2.14. The second kappa shape index (κ2) is 7.87. The minimum atomic E-state index is -0.231. The van der Waals surface area contributed by atoms with Gasteiger partial charge < -0.3 is 10.2 Å². The lowest BCUT2D eigenvalue weighted by Crippen LogP contribution is -2.36. The molecule has 2 rings (SSSR count). The van der Waals surface area contributed by atoms with Gasteiger partial charge in [-0.15, -0.1) is 0 Å². The molecule has 1 heterocycles. The van der Waals surface area contributed by atoms with Gasteiger partial charge in [0.25, 0.3) is 0 Å². The maximum Gasteiger partial charge on any atom is 0.244 e. The molecule has 0 radical (unpaired) electrons. The summed E-state index contributed by atoms with van der Waals surface area (Å²) in [7, 11) is 0. The summed E-state index contributed by atoms with van der Waals surface area (Å²) in [6.45, 7) is 3.76. The van der Waals surface area contributed by atoms with Gasteiger partial charge in [-0.2, -0.15) is 0 Å². The molecule has 0 saturated heterocycles. The molecule has 1 aromatic carbocycles. The average Bonchev–Trinajstić information content (AvgIpc) is 2.51. The third-order valence-electron chi connectivity index (χ3n) is 3.32. The van der Waals surface area contributed by atoms with Crippen molar-refractivity contribution in [3.63, 3.8) is 0 Å². The van der Waals surface area contributed by atoms with E-state index >= 15 is 0 Å². The van der Waals surface area contributed by atoms with Gasteiger partial charge in [0.2, 0.25) is 11.8 Å². The quantitative estimate of drug-likeness (QED) is 0.872. The zero-order chi connectivity index (χ0) is 16.8. The number of nitrogens with zero attached hydrogens (tertiary/aromatic N) is 2. The Bertz CT molecular complexity index is 704. The Balaban J connectivity index is 2.00. The van der Waals surface area contributed by atoms with Crippen LogP contribution in [0.25, 0.3) is 0 Å². The lowest BCUT2D eigenvalue weighted by Gasteiger charge is -2.20. The number of nitrogens with one attached hydrogen (secondary N) is 1. The Kier molecular flexibility index (Phi) is 5.87. The van der Waals surface area contributed by atoms with Crippen LogP contribution >= 0.6 is 15.9 Å². The summed E-state index contributed by atoms with van der Waals surface area (Å²) in [5.74, 6) is -0.387. The van der Waals surface area contributed by atoms with Crippen LogP contribution in [-0.4, -0.2) is 28.2 Å². The van der Waals surface area contributed by atoms with Crippen molar-refractivity contribution < 1.29 is 9.59 Å². The van der Waals surface area contributed by atoms with E-state index in [1.54, 1.807) is 18.5 Å². The Hall–Kier alpha value is -2.21. The van der Waals surface area contributed by atoms with Crippen LogP contribution in [-0.2, 0) is 16.1 Å². The van der Waals surface area contributed by atoms with Crippen molar-refractivity contribution in [1.29, 1.82) is 0 Å². The standard InChI is InChI=1S/C17H18BrN3O2/c1-12-8-15(5-6-16(12)18)20-17(23)11-21(13(2)22)10-14-4-3-7-19-9-14/h3-9H,10-11H2,1-2H3,(H,20,23). The van der Waals surface area contributed by atoms with E-state index in [4.69, 9.17) is 0 Å². The van der Waals surface area contributed by atoms with Gasteiger partial charge >= 0.3 is 0 Å². The maximum atomic E-state index is 12.2. The number of halogens is 1. The molecule has 0 aliphatic carbocycles. The number of hydrogen-bond acceptors (Lipinski definition) is 3. The molecule has 2 aromatic rings. The molecule has 0 aliphatic heterocycles. The smallest absolute Gasteiger partial charge is 0.244 e. The lowest BCUT2D eigenvalue weighted by atomic mass is 10.2. The van der Waals surface area contributed by atoms with Crippen molar-refractivity contribution in [2.75, 3.05) is 11.9 Å². The van der Waals surface area contributed by atoms with Crippen LogP contribution in [0.2, 0.25) is 0 Å². The SMILES string of the molecule is CC(=O)N(CC(=O)Nc1ccc(Br)c(C)c1)Cc1cccnc1. The Morgan fingerprint density at radius 3 is 2.70 bits per heavy atom. The van der Waals surface area contributed by atoms with Crippen molar-refractivity contribution >= 4 is 33.4 Å². The first-order chi connectivity index (χ1) is 11.0. The number of pyridine rings is 1. The summed E-state index contributed by atoms with van der Waals surface area (Å²) >= 11 is 3.42. The predicted molar refractivity (Wildman–Crippen MR) is 92.8 cm³/mol. The zero-order valence-electron chi connectivity index (χ0n) is 13.0. The average molecular weight is 376 g/mol. The van der Waals surface area contributed by atoms with Crippen molar-refractivity contribution in [3.8, 4) is 0 Å². The van der Waals surface area contributed by atoms with Crippen LogP contribution in [0.1, 0.15) is 18.1 Å². The van der Waals surface area contributed by atoms with Crippen LogP contribution in [0.4, 0.5) is 5.69 Å². The van der Waals surface area contributed by atoms with Gasteiger partial charge in [-0.1, -0.05) is 22.0 Å². The summed E-state index contributed by atoms with van der Waals surface area (Å²) in [4.78, 5) is 29.4. The van der Waals surface area contributed by atoms with Gasteiger partial charge in [-0.25, -0.2) is 0 Å². The lowest BCUT2D eigenvalue weighted by molar-refractivity contribution is -0.133. The molecule has 2 amide bonds. The topological polar surface area (TPSA) is 62.3 Å². The molecular weight excluding hydrogens is 358 g/mol. The number of carbonyl (C=O) groups is 2. The van der Waals surface area contributed by atoms with E-state index in [-0.39, 0.29) is 18.4 Å². The van der Waals surface area contributed by atoms with E-state index in [0.717, 1.165) is 15.6 Å². The van der Waals surface area contributed by atoms with Crippen molar-refractivity contribution in [2.24, 2.45) is 0 Å². The number of rotatable bonds is 5. The van der Waals surface area contributed by atoms with E-state index in [0.29, 0.717) is 12.2 Å². The fourth-order valence-electron chi connectivity index (χ4n) is 2.09. The highest BCUT2D eigenvalue weighted by atomic mass is 79.9. The van der Waals surface area contributed by atoms with Crippen molar-refractivity contribution in [1.82, 2.24) is 9.88 Å². The first-order valence-electron chi connectivity index (χ1n) is 7.16. The van der Waals surface area contributed by atoms with E-state index in [2.05, 4.69) is 26.2 Å². The minimum absolute atomic E-state index is 0.000656. The molecule has 1 N–H and O–H groups in total. The normalized spacial score (nSPS) is 10.2. The zero-order valence-corrected chi connectivity index (χ0v) is 14.6. The van der Waals surface area contributed by atoms with E-state index in [9.17, 15) is 9.59 Å². The molecule has 6 heteroatoms. The second-order valence-electron chi connectivity index (χ2n) is 5.25. The number of benzene rings is 1. The summed E-state index contributed by atoms with van der Waals surface area (Å²) in [6.07, 6.45) is 3.36. The molecule has 0 fully saturated rings. The predicted octanol–water partition coefficient (Wildman–Crippen LogP) is 3.14. The number of hydrogen-bond donors (Lipinski definition) is 1. The summed E-state index contributed by atoms with van der Waals surface area (Å²) in [5.41, 5.74) is 2.62. The highest BCUT2D eigenvalue weighted by molar-refractivity contribution is 9.10. The first kappa shape index (κ1) is 17.1. The van der Waals surface area contributed by atoms with Crippen LogP contribution < -0.4 is 5.32 Å². The molecule has 0 aliphatic rings. The molecule has 23 heavy (non-hydrogen) atoms. The molecule has 5 nitrogen and oxygen atoms in total. The van der Waals surface area contributed by atoms with Gasteiger partial charge in [-0.3, -0.25) is 14.6 Å². The molecule has 0 spiro atoms. The van der Waals surface area contributed by atoms with Crippen LogP contribution in [0.5, 0.6) is 0 Å². The fourth-order valence-corrected chi connectivity index (χ4v) is 2.33. The number of carbonyl (C=O) groups excluding carboxylic acids is 2. The monoisotopic (exact) mass is 375 g/mol. The van der Waals surface area contributed by atoms with E-state index < -0.39 is 0 Å². The molecular formula is C17H18BrN3O2. The van der Waals surface area contributed by atoms with Crippen LogP contribution in [0.15, 0.2) is 47.2 Å². The second-order valence-corrected chi connectivity index (χ2v) is 6.10. The van der Waals surface area contributed by atoms with E-state index in [1.165, 1.54) is 11.8 Å². The molecule has 120 valence electrons. The van der Waals surface area contributed by atoms with Gasteiger partial charge in [0, 0.05) is 36.0 Å². The summed E-state index contributed by atoms with van der Waals surface area (Å²) in [5, 5.41) is 2.81. The van der Waals surface area contributed by atoms with Crippen LogP contribution in [0.3, 0.4) is 0 Å². The number of aryl methyl sites for hydroxylation is 1. The Morgan fingerprint density at radius 1 is 1.30 bits per heavy atom.